The van der Waals surface area contributed by atoms with E-state index >= 15 is 0 Å². The summed E-state index contributed by atoms with van der Waals surface area (Å²) in [5, 5.41) is 11.6. The molecule has 1 aromatic carbocycles. The number of benzene rings is 1. The molecule has 3 amide bonds. The highest BCUT2D eigenvalue weighted by atomic mass is 32.2. The molecule has 34 heavy (non-hydrogen) atoms. The Morgan fingerprint density at radius 3 is 2.62 bits per heavy atom. The minimum atomic E-state index is -0.586. The molecule has 1 N–H and O–H groups in total. The zero-order valence-electron chi connectivity index (χ0n) is 19.2. The number of rotatable bonds is 8. The van der Waals surface area contributed by atoms with Crippen LogP contribution in [-0.2, 0) is 16.1 Å². The minimum absolute atomic E-state index is 0.0161. The predicted octanol–water partition coefficient (Wildman–Crippen LogP) is 4.41. The summed E-state index contributed by atoms with van der Waals surface area (Å²) in [6, 6.07) is 9.80. The lowest BCUT2D eigenvalue weighted by Crippen LogP contribution is -2.37. The number of thioether (sulfide) groups is 1. The van der Waals surface area contributed by atoms with Crippen LogP contribution in [0.5, 0.6) is 0 Å². The number of hydrogen-bond donors (Lipinski definition) is 1. The van der Waals surface area contributed by atoms with Crippen LogP contribution >= 0.6 is 11.8 Å². The second-order valence-electron chi connectivity index (χ2n) is 7.76. The first-order valence-electron chi connectivity index (χ1n) is 10.8. The highest BCUT2D eigenvalue weighted by molar-refractivity contribution is 8.18. The van der Waals surface area contributed by atoms with Crippen molar-refractivity contribution in [2.45, 2.75) is 33.7 Å². The van der Waals surface area contributed by atoms with Crippen molar-refractivity contribution in [1.82, 2.24) is 14.8 Å². The predicted molar refractivity (Wildman–Crippen MR) is 130 cm³/mol. The fraction of sp³-hybridized carbons (Fsp3) is 0.280. The number of carbonyl (C=O) groups excluding carboxylic acids is 3. The molecule has 9 heteroatoms. The molecule has 0 bridgehead atoms. The smallest absolute Gasteiger partial charge is 0.293 e. The van der Waals surface area contributed by atoms with E-state index in [1.807, 2.05) is 26.0 Å². The summed E-state index contributed by atoms with van der Waals surface area (Å²) in [6.45, 7) is 6.77. The van der Waals surface area contributed by atoms with Crippen molar-refractivity contribution in [3.05, 3.63) is 69.1 Å². The Hall–Kier alpha value is -3.64. The summed E-state index contributed by atoms with van der Waals surface area (Å²) in [5.74, 6) is -1.63. The second-order valence-corrected chi connectivity index (χ2v) is 8.75. The molecule has 1 fully saturated rings. The third kappa shape index (κ3) is 5.46. The molecule has 0 saturated carbocycles. The van der Waals surface area contributed by atoms with Gasteiger partial charge >= 0.3 is 0 Å². The molecule has 1 saturated heterocycles. The van der Waals surface area contributed by atoms with Crippen molar-refractivity contribution in [2.24, 2.45) is 0 Å². The lowest BCUT2D eigenvalue weighted by molar-refractivity contribution is -0.123. The Bertz CT molecular complexity index is 1240. The van der Waals surface area contributed by atoms with Gasteiger partial charge in [-0.3, -0.25) is 19.3 Å². The number of hydrogen-bond acceptors (Lipinski definition) is 5. The van der Waals surface area contributed by atoms with Gasteiger partial charge in [0.05, 0.1) is 4.91 Å². The molecule has 2 aromatic rings. The number of nitriles is 1. The first-order chi connectivity index (χ1) is 16.3. The van der Waals surface area contributed by atoms with E-state index < -0.39 is 22.9 Å². The maximum atomic E-state index is 13.9. The van der Waals surface area contributed by atoms with E-state index in [0.717, 1.165) is 46.6 Å². The molecule has 1 aliphatic heterocycles. The first-order valence-corrected chi connectivity index (χ1v) is 11.6. The average molecular weight is 481 g/mol. The molecule has 1 aliphatic rings. The number of aryl methyl sites for hydroxylation is 1. The minimum Gasteiger partial charge on any atom is -0.350 e. The van der Waals surface area contributed by atoms with Crippen LogP contribution in [0.15, 0.2) is 40.8 Å². The van der Waals surface area contributed by atoms with Crippen LogP contribution in [0.2, 0.25) is 0 Å². The molecule has 0 atom stereocenters. The molecule has 0 aliphatic carbocycles. The van der Waals surface area contributed by atoms with Crippen LogP contribution in [0.25, 0.3) is 12.2 Å². The summed E-state index contributed by atoms with van der Waals surface area (Å²) in [5.41, 5.74) is 2.96. The highest BCUT2D eigenvalue weighted by Gasteiger charge is 2.34. The van der Waals surface area contributed by atoms with E-state index in [1.54, 1.807) is 12.1 Å². The topological polar surface area (TPSA) is 95.2 Å². The Labute approximate surface area is 201 Å². The van der Waals surface area contributed by atoms with Gasteiger partial charge in [0.25, 0.3) is 17.1 Å². The van der Waals surface area contributed by atoms with Gasteiger partial charge in [-0.05, 0) is 61.9 Å². The van der Waals surface area contributed by atoms with Gasteiger partial charge in [-0.2, -0.15) is 5.26 Å². The molecular weight excluding hydrogens is 455 g/mol. The van der Waals surface area contributed by atoms with E-state index in [0.29, 0.717) is 0 Å². The SMILES string of the molecule is CCCn1c(C)cc(/C=C(\C#N)C(=O)NCCN2C(=O)S/C(=C\c3ccccc3F)C2=O)c1C. The lowest BCUT2D eigenvalue weighted by atomic mass is 10.1. The van der Waals surface area contributed by atoms with Crippen LogP contribution < -0.4 is 5.32 Å². The van der Waals surface area contributed by atoms with Gasteiger partial charge in [0.1, 0.15) is 17.5 Å². The second kappa shape index (κ2) is 11.0. The Morgan fingerprint density at radius 1 is 1.21 bits per heavy atom. The standard InChI is InChI=1S/C25H25FN4O3S/c1-4-10-29-16(2)12-19(17(29)3)13-20(15-27)23(31)28-9-11-30-24(32)22(34-25(30)33)14-18-7-5-6-8-21(18)26/h5-8,12-14H,4,9-11H2,1-3H3,(H,28,31)/b20-13+,22-14-. The maximum absolute atomic E-state index is 13.9. The van der Waals surface area contributed by atoms with Crippen LogP contribution in [-0.4, -0.2) is 39.6 Å². The molecule has 176 valence electrons. The molecule has 2 heterocycles. The van der Waals surface area contributed by atoms with Gasteiger partial charge < -0.3 is 9.88 Å². The lowest BCUT2D eigenvalue weighted by Gasteiger charge is -2.12. The molecule has 0 spiro atoms. The van der Waals surface area contributed by atoms with Gasteiger partial charge in [-0.25, -0.2) is 4.39 Å². The number of amides is 3. The summed E-state index contributed by atoms with van der Waals surface area (Å²) >= 11 is 0.719. The summed E-state index contributed by atoms with van der Waals surface area (Å²) < 4.78 is 16.0. The highest BCUT2D eigenvalue weighted by Crippen LogP contribution is 2.32. The molecule has 0 unspecified atom stereocenters. The fourth-order valence-electron chi connectivity index (χ4n) is 3.65. The monoisotopic (exact) mass is 480 g/mol. The number of nitrogens with one attached hydrogen (secondary N) is 1. The van der Waals surface area contributed by atoms with Gasteiger partial charge in [-0.1, -0.05) is 25.1 Å². The van der Waals surface area contributed by atoms with E-state index in [2.05, 4.69) is 16.8 Å². The third-order valence-electron chi connectivity index (χ3n) is 5.41. The van der Waals surface area contributed by atoms with Crippen LogP contribution in [0.1, 0.15) is 35.9 Å². The number of carbonyl (C=O) groups is 3. The van der Waals surface area contributed by atoms with Crippen molar-refractivity contribution in [1.29, 1.82) is 5.26 Å². The van der Waals surface area contributed by atoms with Crippen molar-refractivity contribution in [2.75, 3.05) is 13.1 Å². The normalized spacial score (nSPS) is 15.2. The van der Waals surface area contributed by atoms with Gasteiger partial charge in [0.2, 0.25) is 0 Å². The maximum Gasteiger partial charge on any atom is 0.293 e. The van der Waals surface area contributed by atoms with Crippen LogP contribution in [0.4, 0.5) is 9.18 Å². The van der Waals surface area contributed by atoms with Crippen molar-refractivity contribution >= 4 is 41.0 Å². The number of nitrogens with zero attached hydrogens (tertiary/aromatic N) is 3. The Morgan fingerprint density at radius 2 is 1.94 bits per heavy atom. The Kier molecular flexibility index (Phi) is 8.08. The van der Waals surface area contributed by atoms with E-state index in [9.17, 15) is 24.0 Å². The number of aromatic nitrogens is 1. The quantitative estimate of drug-likeness (QED) is 0.446. The zero-order chi connectivity index (χ0) is 24.8. The molecular formula is C25H25FN4O3S. The number of halogens is 1. The average Bonchev–Trinajstić information content (AvgIpc) is 3.23. The van der Waals surface area contributed by atoms with Crippen molar-refractivity contribution in [3.8, 4) is 6.07 Å². The van der Waals surface area contributed by atoms with E-state index in [1.165, 1.54) is 24.3 Å². The summed E-state index contributed by atoms with van der Waals surface area (Å²) in [6.07, 6.45) is 3.85. The molecule has 7 nitrogen and oxygen atoms in total. The van der Waals surface area contributed by atoms with Gasteiger partial charge in [0.15, 0.2) is 0 Å². The van der Waals surface area contributed by atoms with E-state index in [-0.39, 0.29) is 29.1 Å². The Balaban J connectivity index is 1.64. The first kappa shape index (κ1) is 25.0. The summed E-state index contributed by atoms with van der Waals surface area (Å²) in [7, 11) is 0. The van der Waals surface area contributed by atoms with Crippen LogP contribution in [0, 0.1) is 31.0 Å². The number of imide groups is 1. The fourth-order valence-corrected chi connectivity index (χ4v) is 4.50. The zero-order valence-corrected chi connectivity index (χ0v) is 20.0. The largest absolute Gasteiger partial charge is 0.350 e. The van der Waals surface area contributed by atoms with E-state index in [4.69, 9.17) is 0 Å². The molecule has 1 aromatic heterocycles. The van der Waals surface area contributed by atoms with Crippen molar-refractivity contribution in [3.63, 3.8) is 0 Å². The van der Waals surface area contributed by atoms with Gasteiger partial charge in [-0.15, -0.1) is 0 Å². The third-order valence-corrected chi connectivity index (χ3v) is 6.32. The van der Waals surface area contributed by atoms with Gasteiger partial charge in [0, 0.05) is 36.6 Å². The summed E-state index contributed by atoms with van der Waals surface area (Å²) in [4.78, 5) is 38.5. The van der Waals surface area contributed by atoms with Crippen LogP contribution in [0.3, 0.4) is 0 Å². The molecule has 3 rings (SSSR count). The van der Waals surface area contributed by atoms with Crippen molar-refractivity contribution < 1.29 is 18.8 Å². The molecule has 0 radical (unpaired) electrons.